The molecule has 0 aromatic heterocycles. The lowest BCUT2D eigenvalue weighted by Crippen LogP contribution is -2.51. The molecule has 1 saturated carbocycles. The number of aliphatic hydroxyl groups excluding tert-OH is 1. The van der Waals surface area contributed by atoms with Crippen LogP contribution in [0.1, 0.15) is 24.8 Å². The smallest absolute Gasteiger partial charge is 0.283 e. The first-order valence-corrected chi connectivity index (χ1v) is 9.76. The van der Waals surface area contributed by atoms with Gasteiger partial charge in [-0.2, -0.15) is 0 Å². The van der Waals surface area contributed by atoms with E-state index in [1.807, 2.05) is 18.2 Å². The molecule has 4 atom stereocenters. The zero-order valence-electron chi connectivity index (χ0n) is 15.1. The van der Waals surface area contributed by atoms with Gasteiger partial charge in [0.1, 0.15) is 29.8 Å². The second-order valence-corrected chi connectivity index (χ2v) is 8.20. The van der Waals surface area contributed by atoms with Crippen LogP contribution in [0.5, 0.6) is 5.75 Å². The number of nitrogens with two attached hydrogens (primary N) is 1. The van der Waals surface area contributed by atoms with Crippen molar-refractivity contribution in [2.75, 3.05) is 6.61 Å². The Morgan fingerprint density at radius 3 is 2.79 bits per heavy atom. The maximum absolute atomic E-state index is 13.9. The number of benzene rings is 2. The van der Waals surface area contributed by atoms with Gasteiger partial charge < -0.3 is 20.3 Å². The average molecular weight is 403 g/mol. The average Bonchev–Trinajstić information content (AvgIpc) is 3.03. The van der Waals surface area contributed by atoms with Crippen molar-refractivity contribution >= 4 is 17.6 Å². The van der Waals surface area contributed by atoms with Gasteiger partial charge in [-0.25, -0.2) is 9.38 Å². The predicted molar refractivity (Wildman–Crippen MR) is 104 cm³/mol. The van der Waals surface area contributed by atoms with Crippen LogP contribution in [-0.4, -0.2) is 29.9 Å². The monoisotopic (exact) mass is 402 g/mol. The Labute approximate surface area is 166 Å². The second kappa shape index (κ2) is 6.36. The van der Waals surface area contributed by atoms with Crippen molar-refractivity contribution in [1.29, 1.82) is 0 Å². The topological polar surface area (TPSA) is 77.1 Å². The van der Waals surface area contributed by atoms with Crippen LogP contribution in [0.3, 0.4) is 0 Å². The van der Waals surface area contributed by atoms with Crippen LogP contribution in [0.2, 0.25) is 5.02 Å². The highest BCUT2D eigenvalue weighted by Gasteiger charge is 2.55. The van der Waals surface area contributed by atoms with Crippen molar-refractivity contribution in [3.05, 3.63) is 52.8 Å². The molecule has 0 amide bonds. The van der Waals surface area contributed by atoms with Crippen molar-refractivity contribution in [2.45, 2.75) is 37.0 Å². The fourth-order valence-corrected chi connectivity index (χ4v) is 5.01. The molecule has 28 heavy (non-hydrogen) atoms. The zero-order chi connectivity index (χ0) is 19.5. The van der Waals surface area contributed by atoms with E-state index in [2.05, 4.69) is 0 Å². The van der Waals surface area contributed by atoms with Crippen molar-refractivity contribution in [2.24, 2.45) is 16.6 Å². The highest BCUT2D eigenvalue weighted by atomic mass is 35.5. The van der Waals surface area contributed by atoms with Crippen LogP contribution in [-0.2, 0) is 10.3 Å². The van der Waals surface area contributed by atoms with Gasteiger partial charge in [0.2, 0.25) is 0 Å². The van der Waals surface area contributed by atoms with E-state index in [4.69, 9.17) is 31.8 Å². The van der Waals surface area contributed by atoms with Gasteiger partial charge in [-0.05, 0) is 54.3 Å². The van der Waals surface area contributed by atoms with Gasteiger partial charge in [0, 0.05) is 22.9 Å². The fourth-order valence-electron chi connectivity index (χ4n) is 4.79. The number of halogens is 2. The summed E-state index contributed by atoms with van der Waals surface area (Å²) in [7, 11) is 0. The van der Waals surface area contributed by atoms with Crippen LogP contribution in [0.15, 0.2) is 41.4 Å². The van der Waals surface area contributed by atoms with Crippen molar-refractivity contribution in [3.8, 4) is 16.9 Å². The highest BCUT2D eigenvalue weighted by Crippen LogP contribution is 2.53. The molecule has 5 nitrogen and oxygen atoms in total. The molecule has 1 aliphatic carbocycles. The minimum Gasteiger partial charge on any atom is -0.490 e. The number of amidine groups is 1. The van der Waals surface area contributed by atoms with Crippen LogP contribution in [0, 0.1) is 11.7 Å². The van der Waals surface area contributed by atoms with E-state index < -0.39 is 5.54 Å². The molecule has 2 aliphatic heterocycles. The Balaban J connectivity index is 1.66. The minimum absolute atomic E-state index is 0.0517. The molecule has 3 N–H and O–H groups in total. The lowest BCUT2D eigenvalue weighted by Gasteiger charge is -2.47. The van der Waals surface area contributed by atoms with Gasteiger partial charge in [-0.3, -0.25) is 0 Å². The summed E-state index contributed by atoms with van der Waals surface area (Å²) in [5.74, 6) is 0.360. The van der Waals surface area contributed by atoms with Gasteiger partial charge in [0.25, 0.3) is 6.02 Å². The Kier molecular flexibility index (Phi) is 4.03. The number of ether oxygens (including phenoxy) is 2. The van der Waals surface area contributed by atoms with Crippen molar-refractivity contribution < 1.29 is 19.0 Å². The largest absolute Gasteiger partial charge is 0.490 e. The third-order valence-electron chi connectivity index (χ3n) is 6.05. The van der Waals surface area contributed by atoms with E-state index in [0.717, 1.165) is 17.5 Å². The maximum Gasteiger partial charge on any atom is 0.283 e. The molecule has 0 radical (unpaired) electrons. The molecule has 146 valence electrons. The SMILES string of the molecule is NC1=NC2(CO1)c1cc(-c3cc(F)cc(Cl)c3)ccc1OC1C[C@@H](O)CC[C@@H]12. The molecule has 3 aliphatic rings. The lowest BCUT2D eigenvalue weighted by atomic mass is 9.67. The number of fused-ring (bicyclic) bond motifs is 4. The first-order valence-electron chi connectivity index (χ1n) is 9.38. The minimum atomic E-state index is -0.657. The lowest BCUT2D eigenvalue weighted by molar-refractivity contribution is -0.0360. The molecule has 7 heteroatoms. The summed E-state index contributed by atoms with van der Waals surface area (Å²) < 4.78 is 25.7. The molecular weight excluding hydrogens is 383 g/mol. The van der Waals surface area contributed by atoms with E-state index >= 15 is 0 Å². The summed E-state index contributed by atoms with van der Waals surface area (Å²) in [6.07, 6.45) is 1.49. The zero-order valence-corrected chi connectivity index (χ0v) is 15.8. The molecule has 5 rings (SSSR count). The summed E-state index contributed by atoms with van der Waals surface area (Å²) in [6.45, 7) is 0.333. The van der Waals surface area contributed by atoms with Gasteiger partial charge in [0.05, 0.1) is 6.10 Å². The van der Waals surface area contributed by atoms with Crippen molar-refractivity contribution in [3.63, 3.8) is 0 Å². The molecule has 2 aromatic carbocycles. The Morgan fingerprint density at radius 1 is 1.18 bits per heavy atom. The molecule has 2 unspecified atom stereocenters. The standard InChI is InChI=1S/C21H20ClFN2O3/c22-13-5-12(6-14(23)8-13)11-1-4-18-17(7-11)21(10-27-20(24)25-21)16-3-2-15(26)9-19(16)28-18/h1,4-8,15-16,19,26H,2-3,9-10H2,(H2,24,25)/t15-,16-,19?,21?/m0/s1. The molecule has 2 heterocycles. The van der Waals surface area contributed by atoms with E-state index in [0.29, 0.717) is 35.8 Å². The Morgan fingerprint density at radius 2 is 2.04 bits per heavy atom. The maximum atomic E-state index is 13.9. The van der Waals surface area contributed by atoms with E-state index in [1.165, 1.54) is 12.1 Å². The number of rotatable bonds is 1. The summed E-state index contributed by atoms with van der Waals surface area (Å²) >= 11 is 6.04. The molecular formula is C21H20ClFN2O3. The van der Waals surface area contributed by atoms with Crippen LogP contribution >= 0.6 is 11.6 Å². The number of nitrogens with zero attached hydrogens (tertiary/aromatic N) is 1. The van der Waals surface area contributed by atoms with Crippen LogP contribution in [0.25, 0.3) is 11.1 Å². The highest BCUT2D eigenvalue weighted by molar-refractivity contribution is 6.30. The summed E-state index contributed by atoms with van der Waals surface area (Å²) in [5, 5.41) is 10.4. The van der Waals surface area contributed by atoms with Crippen LogP contribution < -0.4 is 10.5 Å². The Bertz CT molecular complexity index is 962. The fraction of sp³-hybridized carbons (Fsp3) is 0.381. The molecule has 1 spiro atoms. The predicted octanol–water partition coefficient (Wildman–Crippen LogP) is 3.61. The summed E-state index contributed by atoms with van der Waals surface area (Å²) in [4.78, 5) is 4.71. The molecule has 2 aromatic rings. The normalized spacial score (nSPS) is 30.8. The third-order valence-corrected chi connectivity index (χ3v) is 6.27. The van der Waals surface area contributed by atoms with Gasteiger partial charge in [0.15, 0.2) is 0 Å². The van der Waals surface area contributed by atoms with Crippen molar-refractivity contribution in [1.82, 2.24) is 0 Å². The summed E-state index contributed by atoms with van der Waals surface area (Å²) in [6, 6.07) is 10.3. The molecule has 1 fully saturated rings. The number of aliphatic imine (C=N–C) groups is 1. The third kappa shape index (κ3) is 2.74. The number of hydrogen-bond donors (Lipinski definition) is 2. The summed E-state index contributed by atoms with van der Waals surface area (Å²) in [5.41, 5.74) is 7.63. The van der Waals surface area contributed by atoms with Gasteiger partial charge in [-0.15, -0.1) is 0 Å². The molecule has 0 bridgehead atoms. The second-order valence-electron chi connectivity index (χ2n) is 7.76. The molecule has 0 saturated heterocycles. The number of hydrogen-bond acceptors (Lipinski definition) is 5. The van der Waals surface area contributed by atoms with Gasteiger partial charge >= 0.3 is 0 Å². The quantitative estimate of drug-likeness (QED) is 0.764. The Hall–Kier alpha value is -2.31. The van der Waals surface area contributed by atoms with Gasteiger partial charge in [-0.1, -0.05) is 17.7 Å². The van der Waals surface area contributed by atoms with E-state index in [1.54, 1.807) is 6.07 Å². The van der Waals surface area contributed by atoms with E-state index in [-0.39, 0.29) is 30.0 Å². The first kappa shape index (κ1) is 17.8. The van der Waals surface area contributed by atoms with Crippen LogP contribution in [0.4, 0.5) is 4.39 Å². The number of aliphatic hydroxyl groups is 1. The van der Waals surface area contributed by atoms with E-state index in [9.17, 15) is 9.50 Å². The first-order chi connectivity index (χ1) is 13.4.